The number of carbonyl (C=O) groups excluding carboxylic acids is 2. The second-order valence-electron chi connectivity index (χ2n) is 6.12. The molecule has 136 valence electrons. The lowest BCUT2D eigenvalue weighted by Crippen LogP contribution is -2.42. The molecular weight excluding hydrogens is 330 g/mol. The molecule has 0 bridgehead atoms. The Bertz CT molecular complexity index is 753. The van der Waals surface area contributed by atoms with Gasteiger partial charge in [0.15, 0.2) is 5.78 Å². The first-order chi connectivity index (χ1) is 12.5. The lowest BCUT2D eigenvalue weighted by Gasteiger charge is -2.14. The number of Topliss-reactive ketones (excluding diaryl/α,β-unsaturated/α-hetero) is 1. The number of benzene rings is 2. The number of nitrogens with one attached hydrogen (secondary N) is 1. The molecule has 2 aromatic carbocycles. The van der Waals surface area contributed by atoms with Crippen molar-refractivity contribution in [2.45, 2.75) is 38.6 Å². The van der Waals surface area contributed by atoms with Gasteiger partial charge in [-0.15, -0.1) is 0 Å². The molecule has 0 heterocycles. The molecule has 0 spiro atoms. The monoisotopic (exact) mass is 353 g/mol. The minimum absolute atomic E-state index is 0.0348. The Morgan fingerprint density at radius 3 is 2.15 bits per heavy atom. The fraction of sp³-hybridized carbons (Fsp3) is 0.286. The van der Waals surface area contributed by atoms with E-state index in [0.717, 1.165) is 17.5 Å². The van der Waals surface area contributed by atoms with E-state index in [9.17, 15) is 19.5 Å². The number of rotatable bonds is 9. The summed E-state index contributed by atoms with van der Waals surface area (Å²) in [5, 5.41) is 11.8. The van der Waals surface area contributed by atoms with Gasteiger partial charge in [-0.1, -0.05) is 61.5 Å². The van der Waals surface area contributed by atoms with E-state index in [-0.39, 0.29) is 25.0 Å². The number of aryl methyl sites for hydroxylation is 1. The van der Waals surface area contributed by atoms with Gasteiger partial charge in [0.1, 0.15) is 6.04 Å². The van der Waals surface area contributed by atoms with Crippen LogP contribution in [0.3, 0.4) is 0 Å². The third-order valence-electron chi connectivity index (χ3n) is 4.18. The maximum absolute atomic E-state index is 12.2. The molecule has 5 heteroatoms. The number of carbonyl (C=O) groups is 3. The standard InChI is InChI=1S/C21H23NO4/c1-2-15-8-10-17(11-9-15)19(23)12-13-20(24)22-18(21(25)26)14-16-6-4-3-5-7-16/h3-11,18H,2,12-14H2,1H3,(H,22,24)(H,25,26)/t18-/m1/s1. The van der Waals surface area contributed by atoms with Gasteiger partial charge in [0.25, 0.3) is 0 Å². The van der Waals surface area contributed by atoms with Gasteiger partial charge in [-0.25, -0.2) is 4.79 Å². The van der Waals surface area contributed by atoms with Gasteiger partial charge in [0, 0.05) is 24.8 Å². The molecule has 5 nitrogen and oxygen atoms in total. The predicted molar refractivity (Wildman–Crippen MR) is 99.1 cm³/mol. The van der Waals surface area contributed by atoms with Crippen molar-refractivity contribution in [3.05, 3.63) is 71.3 Å². The highest BCUT2D eigenvalue weighted by molar-refractivity contribution is 5.98. The molecule has 0 aliphatic heterocycles. The zero-order valence-electron chi connectivity index (χ0n) is 14.8. The van der Waals surface area contributed by atoms with E-state index in [4.69, 9.17) is 0 Å². The van der Waals surface area contributed by atoms with Crippen molar-refractivity contribution in [3.8, 4) is 0 Å². The van der Waals surface area contributed by atoms with Gasteiger partial charge < -0.3 is 10.4 Å². The number of hydrogen-bond donors (Lipinski definition) is 2. The van der Waals surface area contributed by atoms with Crippen LogP contribution in [-0.2, 0) is 22.4 Å². The third-order valence-corrected chi connectivity index (χ3v) is 4.18. The minimum Gasteiger partial charge on any atom is -0.480 e. The average Bonchev–Trinajstić information content (AvgIpc) is 2.66. The van der Waals surface area contributed by atoms with Crippen LogP contribution in [0.5, 0.6) is 0 Å². The van der Waals surface area contributed by atoms with Gasteiger partial charge in [-0.3, -0.25) is 9.59 Å². The van der Waals surface area contributed by atoms with E-state index in [1.807, 2.05) is 49.4 Å². The SMILES string of the molecule is CCc1ccc(C(=O)CCC(=O)N[C@H](Cc2ccccc2)C(=O)O)cc1. The molecule has 0 aliphatic rings. The summed E-state index contributed by atoms with van der Waals surface area (Å²) < 4.78 is 0. The van der Waals surface area contributed by atoms with Crippen molar-refractivity contribution in [1.82, 2.24) is 5.32 Å². The fourth-order valence-corrected chi connectivity index (χ4v) is 2.61. The molecule has 0 aliphatic carbocycles. The molecule has 0 fully saturated rings. The second-order valence-corrected chi connectivity index (χ2v) is 6.12. The molecule has 0 radical (unpaired) electrons. The smallest absolute Gasteiger partial charge is 0.326 e. The molecule has 1 amide bonds. The minimum atomic E-state index is -1.09. The summed E-state index contributed by atoms with van der Waals surface area (Å²) in [6.45, 7) is 2.04. The maximum atomic E-state index is 12.2. The van der Waals surface area contributed by atoms with E-state index in [2.05, 4.69) is 5.32 Å². The predicted octanol–water partition coefficient (Wildman–Crippen LogP) is 3.02. The van der Waals surface area contributed by atoms with Gasteiger partial charge in [-0.2, -0.15) is 0 Å². The molecule has 2 rings (SSSR count). The van der Waals surface area contributed by atoms with Crippen LogP contribution >= 0.6 is 0 Å². The Hall–Kier alpha value is -2.95. The summed E-state index contributed by atoms with van der Waals surface area (Å²) in [5.74, 6) is -1.66. The highest BCUT2D eigenvalue weighted by Gasteiger charge is 2.20. The Morgan fingerprint density at radius 2 is 1.58 bits per heavy atom. The molecule has 0 saturated carbocycles. The van der Waals surface area contributed by atoms with Crippen molar-refractivity contribution in [2.24, 2.45) is 0 Å². The molecule has 0 saturated heterocycles. The summed E-state index contributed by atoms with van der Waals surface area (Å²) in [4.78, 5) is 35.6. The quantitative estimate of drug-likeness (QED) is 0.679. The van der Waals surface area contributed by atoms with Crippen LogP contribution in [0.4, 0.5) is 0 Å². The van der Waals surface area contributed by atoms with E-state index in [0.29, 0.717) is 5.56 Å². The normalized spacial score (nSPS) is 11.6. The first-order valence-electron chi connectivity index (χ1n) is 8.67. The summed E-state index contributed by atoms with van der Waals surface area (Å²) >= 11 is 0. The summed E-state index contributed by atoms with van der Waals surface area (Å²) in [6.07, 6.45) is 1.12. The highest BCUT2D eigenvalue weighted by atomic mass is 16.4. The highest BCUT2D eigenvalue weighted by Crippen LogP contribution is 2.09. The second kappa shape index (κ2) is 9.51. The molecular formula is C21H23NO4. The van der Waals surface area contributed by atoms with Gasteiger partial charge in [0.05, 0.1) is 0 Å². The van der Waals surface area contributed by atoms with E-state index >= 15 is 0 Å². The lowest BCUT2D eigenvalue weighted by atomic mass is 10.0. The van der Waals surface area contributed by atoms with Crippen LogP contribution < -0.4 is 5.32 Å². The van der Waals surface area contributed by atoms with E-state index < -0.39 is 17.9 Å². The van der Waals surface area contributed by atoms with Crippen LogP contribution in [0, 0.1) is 0 Å². The van der Waals surface area contributed by atoms with Gasteiger partial charge in [0.2, 0.25) is 5.91 Å². The fourth-order valence-electron chi connectivity index (χ4n) is 2.61. The number of hydrogen-bond acceptors (Lipinski definition) is 3. The zero-order chi connectivity index (χ0) is 18.9. The van der Waals surface area contributed by atoms with Crippen LogP contribution in [0.25, 0.3) is 0 Å². The van der Waals surface area contributed by atoms with Crippen molar-refractivity contribution in [3.63, 3.8) is 0 Å². The lowest BCUT2D eigenvalue weighted by molar-refractivity contribution is -0.141. The van der Waals surface area contributed by atoms with Crippen molar-refractivity contribution < 1.29 is 19.5 Å². The largest absolute Gasteiger partial charge is 0.480 e. The Balaban J connectivity index is 1.87. The van der Waals surface area contributed by atoms with Gasteiger partial charge in [-0.05, 0) is 17.5 Å². The molecule has 26 heavy (non-hydrogen) atoms. The first kappa shape index (κ1) is 19.4. The number of aliphatic carboxylic acids is 1. The number of amides is 1. The molecule has 1 atom stereocenters. The van der Waals surface area contributed by atoms with Crippen molar-refractivity contribution in [2.75, 3.05) is 0 Å². The number of ketones is 1. The Morgan fingerprint density at radius 1 is 0.923 bits per heavy atom. The van der Waals surface area contributed by atoms with E-state index in [1.54, 1.807) is 12.1 Å². The first-order valence-corrected chi connectivity index (χ1v) is 8.67. The Labute approximate surface area is 153 Å². The average molecular weight is 353 g/mol. The van der Waals surface area contributed by atoms with Crippen LogP contribution in [0.2, 0.25) is 0 Å². The van der Waals surface area contributed by atoms with Gasteiger partial charge >= 0.3 is 5.97 Å². The molecule has 0 unspecified atom stereocenters. The van der Waals surface area contributed by atoms with Crippen molar-refractivity contribution >= 4 is 17.7 Å². The van der Waals surface area contributed by atoms with Crippen molar-refractivity contribution in [1.29, 1.82) is 0 Å². The molecule has 2 N–H and O–H groups in total. The molecule has 2 aromatic rings. The van der Waals surface area contributed by atoms with Crippen LogP contribution in [0.1, 0.15) is 41.3 Å². The number of carboxylic acid groups (broad SMARTS) is 1. The summed E-state index contributed by atoms with van der Waals surface area (Å²) in [5.41, 5.74) is 2.53. The third kappa shape index (κ3) is 5.84. The summed E-state index contributed by atoms with van der Waals surface area (Å²) in [6, 6.07) is 15.4. The summed E-state index contributed by atoms with van der Waals surface area (Å²) in [7, 11) is 0. The number of carboxylic acids is 1. The zero-order valence-corrected chi connectivity index (χ0v) is 14.8. The maximum Gasteiger partial charge on any atom is 0.326 e. The van der Waals surface area contributed by atoms with Crippen LogP contribution in [-0.4, -0.2) is 28.8 Å². The molecule has 0 aromatic heterocycles. The van der Waals surface area contributed by atoms with E-state index in [1.165, 1.54) is 0 Å². The van der Waals surface area contributed by atoms with Crippen LogP contribution in [0.15, 0.2) is 54.6 Å². The topological polar surface area (TPSA) is 83.5 Å². The Kier molecular flexibility index (Phi) is 7.09.